The van der Waals surface area contributed by atoms with E-state index in [-0.39, 0.29) is 23.0 Å². The maximum Gasteiger partial charge on any atom is 0.194 e. The molecule has 0 aromatic rings. The zero-order valence-corrected chi connectivity index (χ0v) is 20.9. The van der Waals surface area contributed by atoms with Gasteiger partial charge in [0.05, 0.1) is 6.10 Å². The molecule has 158 valence electrons. The van der Waals surface area contributed by atoms with Gasteiger partial charge in [-0.1, -0.05) is 27.2 Å². The molecule has 6 heteroatoms. The molecule has 3 atom stereocenters. The van der Waals surface area contributed by atoms with Crippen LogP contribution in [0.25, 0.3) is 0 Å². The minimum atomic E-state index is -1.81. The molecule has 0 radical (unpaired) electrons. The van der Waals surface area contributed by atoms with Crippen molar-refractivity contribution < 1.29 is 18.4 Å². The summed E-state index contributed by atoms with van der Waals surface area (Å²) in [5.41, 5.74) is -0.648. The lowest BCUT2D eigenvalue weighted by molar-refractivity contribution is -0.135. The van der Waals surface area contributed by atoms with Gasteiger partial charge in [-0.05, 0) is 76.3 Å². The van der Waals surface area contributed by atoms with Gasteiger partial charge in [-0.2, -0.15) is 0 Å². The second-order valence-electron chi connectivity index (χ2n) is 10.9. The van der Waals surface area contributed by atoms with Crippen LogP contribution in [0.15, 0.2) is 0 Å². The van der Waals surface area contributed by atoms with Crippen LogP contribution in [0.3, 0.4) is 0 Å². The molecule has 0 aromatic carbocycles. The Hall–Kier alpha value is -0.0162. The summed E-state index contributed by atoms with van der Waals surface area (Å²) in [6.07, 6.45) is 6.47. The second-order valence-corrected chi connectivity index (χ2v) is 20.2. The summed E-state index contributed by atoms with van der Waals surface area (Å²) in [6.45, 7) is 18.7. The van der Waals surface area contributed by atoms with E-state index in [0.29, 0.717) is 0 Å². The monoisotopic (exact) mass is 414 g/mol. The first-order valence-electron chi connectivity index (χ1n) is 10.8. The molecule has 2 rings (SSSR count). The minimum absolute atomic E-state index is 0.0287. The molecule has 0 aromatic heterocycles. The molecule has 0 N–H and O–H groups in total. The van der Waals surface area contributed by atoms with E-state index in [1.807, 2.05) is 0 Å². The van der Waals surface area contributed by atoms with Crippen molar-refractivity contribution in [2.45, 2.75) is 121 Å². The summed E-state index contributed by atoms with van der Waals surface area (Å²) in [5, 5.41) is 0.244. The standard InChI is InChI=1S/C21H42O4Si2/c1-20(2,3)27(7,8)23-16-12-10-13-17-19(22)21(25-26(4,5)6)15-11-9-14-18(21)24-17/h17-18H,9-16H2,1-8H3/t17-,18+,21+/m0/s1. The number of fused-ring (bicyclic) bond motifs is 1. The van der Waals surface area contributed by atoms with Gasteiger partial charge >= 0.3 is 0 Å². The van der Waals surface area contributed by atoms with Crippen LogP contribution in [0.2, 0.25) is 37.8 Å². The van der Waals surface area contributed by atoms with Crippen LogP contribution in [0.1, 0.15) is 65.7 Å². The van der Waals surface area contributed by atoms with Crippen molar-refractivity contribution in [2.75, 3.05) is 6.61 Å². The lowest BCUT2D eigenvalue weighted by Gasteiger charge is -2.40. The van der Waals surface area contributed by atoms with E-state index in [1.165, 1.54) is 0 Å². The van der Waals surface area contributed by atoms with Crippen molar-refractivity contribution in [2.24, 2.45) is 0 Å². The SMILES string of the molecule is CC(C)(C)[Si](C)(C)OCCCC[C@@H]1O[C@@H]2CCCC[C@]2(O[Si](C)(C)C)C1=O. The van der Waals surface area contributed by atoms with Crippen LogP contribution in [0.5, 0.6) is 0 Å². The van der Waals surface area contributed by atoms with Crippen molar-refractivity contribution >= 4 is 22.4 Å². The van der Waals surface area contributed by atoms with Crippen molar-refractivity contribution in [1.82, 2.24) is 0 Å². The third-order valence-electron chi connectivity index (χ3n) is 6.44. The van der Waals surface area contributed by atoms with E-state index in [0.717, 1.165) is 51.6 Å². The van der Waals surface area contributed by atoms with Gasteiger partial charge < -0.3 is 13.6 Å². The lowest BCUT2D eigenvalue weighted by Crippen LogP contribution is -2.54. The van der Waals surface area contributed by atoms with Gasteiger partial charge in [0, 0.05) is 6.61 Å². The van der Waals surface area contributed by atoms with E-state index in [2.05, 4.69) is 53.5 Å². The molecule has 0 spiro atoms. The van der Waals surface area contributed by atoms with E-state index in [9.17, 15) is 4.79 Å². The Morgan fingerprint density at radius 2 is 1.78 bits per heavy atom. The summed E-state index contributed by atoms with van der Waals surface area (Å²) in [7, 11) is -3.49. The summed E-state index contributed by atoms with van der Waals surface area (Å²) in [4.78, 5) is 13.2. The van der Waals surface area contributed by atoms with Crippen LogP contribution in [0.4, 0.5) is 0 Å². The summed E-state index contributed by atoms with van der Waals surface area (Å²) >= 11 is 0. The number of carbonyl (C=O) groups is 1. The molecule has 0 bridgehead atoms. The van der Waals surface area contributed by atoms with Gasteiger partial charge in [0.15, 0.2) is 22.4 Å². The van der Waals surface area contributed by atoms with Crippen LogP contribution >= 0.6 is 0 Å². The number of unbranched alkanes of at least 4 members (excludes halogenated alkanes) is 1. The second kappa shape index (κ2) is 8.38. The van der Waals surface area contributed by atoms with Gasteiger partial charge in [-0.25, -0.2) is 0 Å². The Balaban J connectivity index is 1.87. The largest absolute Gasteiger partial charge is 0.417 e. The fourth-order valence-corrected chi connectivity index (χ4v) is 6.51. The normalized spacial score (nSPS) is 29.9. The molecule has 2 aliphatic rings. The molecule has 0 unspecified atom stereocenters. The van der Waals surface area contributed by atoms with Gasteiger partial charge in [0.1, 0.15) is 11.7 Å². The number of ketones is 1. The maximum absolute atomic E-state index is 13.2. The molecule has 4 nitrogen and oxygen atoms in total. The zero-order chi connectivity index (χ0) is 20.5. The quantitative estimate of drug-likeness (QED) is 0.378. The predicted molar refractivity (Wildman–Crippen MR) is 116 cm³/mol. The number of Topliss-reactive ketones (excluding diaryl/α,β-unsaturated/α-hetero) is 1. The Labute approximate surface area is 169 Å². The summed E-state index contributed by atoms with van der Waals surface area (Å²) < 4.78 is 19.0. The summed E-state index contributed by atoms with van der Waals surface area (Å²) in [6, 6.07) is 0. The van der Waals surface area contributed by atoms with Crippen LogP contribution in [-0.2, 0) is 18.4 Å². The summed E-state index contributed by atoms with van der Waals surface area (Å²) in [5.74, 6) is 0.222. The highest BCUT2D eigenvalue weighted by Crippen LogP contribution is 2.44. The van der Waals surface area contributed by atoms with Crippen molar-refractivity contribution in [1.29, 1.82) is 0 Å². The zero-order valence-electron chi connectivity index (χ0n) is 18.9. The molecule has 27 heavy (non-hydrogen) atoms. The average molecular weight is 415 g/mol. The van der Waals surface area contributed by atoms with Crippen molar-refractivity contribution in [3.8, 4) is 0 Å². The molecule has 2 fully saturated rings. The highest BCUT2D eigenvalue weighted by Gasteiger charge is 2.58. The number of carbonyl (C=O) groups excluding carboxylic acids is 1. The molecule has 1 saturated carbocycles. The van der Waals surface area contributed by atoms with Crippen molar-refractivity contribution in [3.05, 3.63) is 0 Å². The van der Waals surface area contributed by atoms with Gasteiger partial charge in [0.2, 0.25) is 0 Å². The Morgan fingerprint density at radius 1 is 1.11 bits per heavy atom. The highest BCUT2D eigenvalue weighted by molar-refractivity contribution is 6.74. The first-order valence-corrected chi connectivity index (χ1v) is 17.1. The fourth-order valence-electron chi connectivity index (χ4n) is 3.99. The first-order chi connectivity index (χ1) is 12.3. The Morgan fingerprint density at radius 3 is 2.37 bits per heavy atom. The Bertz CT molecular complexity index is 521. The smallest absolute Gasteiger partial charge is 0.194 e. The maximum atomic E-state index is 13.2. The number of rotatable bonds is 8. The van der Waals surface area contributed by atoms with Crippen LogP contribution < -0.4 is 0 Å². The molecular weight excluding hydrogens is 372 g/mol. The molecule has 1 aliphatic heterocycles. The molecule has 0 amide bonds. The number of ether oxygens (including phenoxy) is 1. The average Bonchev–Trinajstić information content (AvgIpc) is 2.77. The fraction of sp³-hybridized carbons (Fsp3) is 0.952. The van der Waals surface area contributed by atoms with Gasteiger partial charge in [0.25, 0.3) is 0 Å². The minimum Gasteiger partial charge on any atom is -0.417 e. The third kappa shape index (κ3) is 5.53. The first kappa shape index (κ1) is 23.3. The van der Waals surface area contributed by atoms with E-state index < -0.39 is 22.2 Å². The van der Waals surface area contributed by atoms with E-state index >= 15 is 0 Å². The molecule has 1 aliphatic carbocycles. The molecule has 1 heterocycles. The number of hydrogen-bond donors (Lipinski definition) is 0. The van der Waals surface area contributed by atoms with Gasteiger partial charge in [-0.15, -0.1) is 0 Å². The molecule has 1 saturated heterocycles. The van der Waals surface area contributed by atoms with E-state index in [1.54, 1.807) is 0 Å². The highest BCUT2D eigenvalue weighted by atomic mass is 28.4. The number of hydrogen-bond acceptors (Lipinski definition) is 4. The third-order valence-corrected chi connectivity index (χ3v) is 12.0. The van der Waals surface area contributed by atoms with Gasteiger partial charge in [-0.3, -0.25) is 4.79 Å². The van der Waals surface area contributed by atoms with E-state index in [4.69, 9.17) is 13.6 Å². The van der Waals surface area contributed by atoms with Crippen molar-refractivity contribution in [3.63, 3.8) is 0 Å². The topological polar surface area (TPSA) is 44.8 Å². The Kier molecular flexibility index (Phi) is 7.22. The van der Waals surface area contributed by atoms with Crippen LogP contribution in [-0.4, -0.2) is 46.8 Å². The lowest BCUT2D eigenvalue weighted by atomic mass is 9.80. The molecular formula is C21H42O4Si2. The predicted octanol–water partition coefficient (Wildman–Crippen LogP) is 5.68. The van der Waals surface area contributed by atoms with Crippen LogP contribution in [0, 0.1) is 0 Å².